The van der Waals surface area contributed by atoms with E-state index in [0.29, 0.717) is 0 Å². The number of hydrogen-bond donors (Lipinski definition) is 0. The van der Waals surface area contributed by atoms with E-state index in [-0.39, 0.29) is 24.5 Å². The number of hydrogen-bond acceptors (Lipinski definition) is 2. The second-order valence-electron chi connectivity index (χ2n) is 5.92. The van der Waals surface area contributed by atoms with Crippen molar-refractivity contribution in [2.75, 3.05) is 0 Å². The first kappa shape index (κ1) is 17.8. The molecule has 4 aromatic rings. The van der Waals surface area contributed by atoms with Gasteiger partial charge in [-0.1, -0.05) is 25.0 Å². The highest BCUT2D eigenvalue weighted by Crippen LogP contribution is 2.27. The zero-order chi connectivity index (χ0) is 17.4. The molecule has 1 aromatic carbocycles. The van der Waals surface area contributed by atoms with Gasteiger partial charge in [0.25, 0.3) is 5.56 Å². The van der Waals surface area contributed by atoms with Gasteiger partial charge < -0.3 is 4.40 Å². The van der Waals surface area contributed by atoms with Gasteiger partial charge in [-0.3, -0.25) is 9.36 Å². The molecule has 0 spiro atoms. The van der Waals surface area contributed by atoms with Crippen molar-refractivity contribution in [3.8, 4) is 23.6 Å². The quantitative estimate of drug-likeness (QED) is 0.517. The lowest BCUT2D eigenvalue weighted by Crippen LogP contribution is -2.18. The molecule has 4 rings (SSSR count). The summed E-state index contributed by atoms with van der Waals surface area (Å²) in [6.07, 6.45) is 8.32. The molecule has 0 N–H and O–H groups in total. The number of aryl methyl sites for hydroxylation is 1. The first-order valence-electron chi connectivity index (χ1n) is 8.26. The largest absolute Gasteiger partial charge is 0.303 e. The maximum atomic E-state index is 12.0. The predicted molar refractivity (Wildman–Crippen MR) is 108 cm³/mol. The first-order chi connectivity index (χ1) is 12.2. The van der Waals surface area contributed by atoms with Crippen LogP contribution in [0.3, 0.4) is 0 Å². The van der Waals surface area contributed by atoms with Crippen LogP contribution >= 0.6 is 12.4 Å². The number of nitrogens with zero attached hydrogens (tertiary/aromatic N) is 3. The molecule has 0 fully saturated rings. The van der Waals surface area contributed by atoms with Gasteiger partial charge in [0.15, 0.2) is 0 Å². The van der Waals surface area contributed by atoms with E-state index < -0.39 is 0 Å². The summed E-state index contributed by atoms with van der Waals surface area (Å²) in [5, 5.41) is 0.978. The molecule has 0 aliphatic heterocycles. The maximum absolute atomic E-state index is 12.0. The third-order valence-corrected chi connectivity index (χ3v) is 4.48. The van der Waals surface area contributed by atoms with Crippen LogP contribution in [0.15, 0.2) is 59.5 Å². The Bertz CT molecular complexity index is 1200. The topological polar surface area (TPSA) is 39.3 Å². The molecule has 3 heterocycles. The lowest BCUT2D eigenvalue weighted by molar-refractivity contribution is 0.836. The van der Waals surface area contributed by atoms with E-state index in [1.165, 1.54) is 5.69 Å². The molecule has 0 bridgehead atoms. The normalized spacial score (nSPS) is 10.6. The van der Waals surface area contributed by atoms with Crippen molar-refractivity contribution in [1.82, 2.24) is 14.0 Å². The Morgan fingerprint density at radius 1 is 1.15 bits per heavy atom. The summed E-state index contributed by atoms with van der Waals surface area (Å²) in [6, 6.07) is 15.4. The van der Waals surface area contributed by atoms with Crippen LogP contribution in [0.2, 0.25) is 0 Å². The molecule has 4 nitrogen and oxygen atoms in total. The molecule has 0 saturated carbocycles. The van der Waals surface area contributed by atoms with Crippen molar-refractivity contribution in [2.45, 2.75) is 19.9 Å². The van der Waals surface area contributed by atoms with E-state index in [9.17, 15) is 4.79 Å². The SMILES string of the molecule is C#CCn1c(=O)ccc2cc(-c3nc4ccccn4c3CC)ccc21.Cl. The fraction of sp³-hybridized carbons (Fsp3) is 0.143. The van der Waals surface area contributed by atoms with Crippen molar-refractivity contribution in [3.05, 3.63) is 70.8 Å². The van der Waals surface area contributed by atoms with Gasteiger partial charge in [-0.15, -0.1) is 18.8 Å². The Morgan fingerprint density at radius 3 is 2.77 bits per heavy atom. The van der Waals surface area contributed by atoms with E-state index in [2.05, 4.69) is 23.3 Å². The van der Waals surface area contributed by atoms with E-state index in [4.69, 9.17) is 11.4 Å². The van der Waals surface area contributed by atoms with Gasteiger partial charge in [0, 0.05) is 17.8 Å². The number of benzene rings is 1. The highest BCUT2D eigenvalue weighted by molar-refractivity contribution is 5.85. The van der Waals surface area contributed by atoms with Crippen LogP contribution in [0.25, 0.3) is 27.8 Å². The molecule has 26 heavy (non-hydrogen) atoms. The van der Waals surface area contributed by atoms with Crippen LogP contribution in [-0.4, -0.2) is 14.0 Å². The fourth-order valence-corrected chi connectivity index (χ4v) is 3.32. The standard InChI is InChI=1S/C21H17N3O.ClH/c1-3-12-24-18-10-8-16(14-15(18)9-11-20(24)25)21-17(4-2)23-13-6-5-7-19(23)22-21;/h1,5-11,13-14H,4,12H2,2H3;1H. The second kappa shape index (κ2) is 7.07. The molecular weight excluding hydrogens is 346 g/mol. The summed E-state index contributed by atoms with van der Waals surface area (Å²) in [7, 11) is 0. The highest BCUT2D eigenvalue weighted by Gasteiger charge is 2.13. The lowest BCUT2D eigenvalue weighted by Gasteiger charge is -2.09. The Kier molecular flexibility index (Phi) is 4.83. The van der Waals surface area contributed by atoms with Gasteiger partial charge in [0.1, 0.15) is 5.65 Å². The minimum atomic E-state index is -0.0832. The van der Waals surface area contributed by atoms with Crippen molar-refractivity contribution < 1.29 is 0 Å². The van der Waals surface area contributed by atoms with Gasteiger partial charge in [-0.25, -0.2) is 4.98 Å². The van der Waals surface area contributed by atoms with Gasteiger partial charge in [-0.05, 0) is 42.1 Å². The zero-order valence-corrected chi connectivity index (χ0v) is 15.2. The zero-order valence-electron chi connectivity index (χ0n) is 14.3. The Morgan fingerprint density at radius 2 is 2.00 bits per heavy atom. The molecule has 0 atom stereocenters. The van der Waals surface area contributed by atoms with Gasteiger partial charge in [0.05, 0.1) is 23.4 Å². The first-order valence-corrected chi connectivity index (χ1v) is 8.26. The molecule has 5 heteroatoms. The molecule has 0 aliphatic carbocycles. The Hall–Kier alpha value is -3.03. The average Bonchev–Trinajstić information content (AvgIpc) is 3.02. The van der Waals surface area contributed by atoms with Crippen LogP contribution in [0.4, 0.5) is 0 Å². The van der Waals surface area contributed by atoms with Gasteiger partial charge >= 0.3 is 0 Å². The average molecular weight is 364 g/mol. The molecular formula is C21H18ClN3O. The molecule has 3 aromatic heterocycles. The molecule has 0 unspecified atom stereocenters. The molecule has 0 amide bonds. The molecule has 0 aliphatic rings. The van der Waals surface area contributed by atoms with Gasteiger partial charge in [-0.2, -0.15) is 0 Å². The lowest BCUT2D eigenvalue weighted by atomic mass is 10.1. The third kappa shape index (κ3) is 2.77. The Labute approximate surface area is 157 Å². The van der Waals surface area contributed by atoms with Crippen LogP contribution in [0, 0.1) is 12.3 Å². The number of terminal acetylenes is 1. The molecule has 130 valence electrons. The van der Waals surface area contributed by atoms with E-state index in [1.807, 2.05) is 42.6 Å². The van der Waals surface area contributed by atoms with Crippen molar-refractivity contribution in [3.63, 3.8) is 0 Å². The number of aromatic nitrogens is 3. The van der Waals surface area contributed by atoms with Crippen molar-refractivity contribution in [1.29, 1.82) is 0 Å². The number of fused-ring (bicyclic) bond motifs is 2. The van der Waals surface area contributed by atoms with Crippen LogP contribution in [0.5, 0.6) is 0 Å². The van der Waals surface area contributed by atoms with Crippen LogP contribution in [0.1, 0.15) is 12.6 Å². The summed E-state index contributed by atoms with van der Waals surface area (Å²) in [6.45, 7) is 2.40. The monoisotopic (exact) mass is 363 g/mol. The van der Waals surface area contributed by atoms with Crippen LogP contribution < -0.4 is 5.56 Å². The second-order valence-corrected chi connectivity index (χ2v) is 5.92. The number of pyridine rings is 2. The predicted octanol–water partition coefficient (Wildman–Crippen LogP) is 3.93. The Balaban J connectivity index is 0.00000196. The third-order valence-electron chi connectivity index (χ3n) is 4.48. The van der Waals surface area contributed by atoms with E-state index in [0.717, 1.165) is 34.2 Å². The smallest absolute Gasteiger partial charge is 0.251 e. The van der Waals surface area contributed by atoms with Crippen molar-refractivity contribution >= 4 is 29.0 Å². The summed E-state index contributed by atoms with van der Waals surface area (Å²) >= 11 is 0. The number of halogens is 1. The highest BCUT2D eigenvalue weighted by atomic mass is 35.5. The number of imidazole rings is 1. The fourth-order valence-electron chi connectivity index (χ4n) is 3.32. The summed E-state index contributed by atoms with van der Waals surface area (Å²) in [5.74, 6) is 2.55. The van der Waals surface area contributed by atoms with E-state index in [1.54, 1.807) is 10.6 Å². The summed E-state index contributed by atoms with van der Waals surface area (Å²) in [4.78, 5) is 16.8. The molecule has 0 radical (unpaired) electrons. The summed E-state index contributed by atoms with van der Waals surface area (Å²) < 4.78 is 3.74. The van der Waals surface area contributed by atoms with Crippen molar-refractivity contribution in [2.24, 2.45) is 0 Å². The van der Waals surface area contributed by atoms with Crippen LogP contribution in [-0.2, 0) is 13.0 Å². The number of rotatable bonds is 3. The van der Waals surface area contributed by atoms with Gasteiger partial charge in [0.2, 0.25) is 0 Å². The minimum Gasteiger partial charge on any atom is -0.303 e. The maximum Gasteiger partial charge on any atom is 0.251 e. The van der Waals surface area contributed by atoms with E-state index >= 15 is 0 Å². The summed E-state index contributed by atoms with van der Waals surface area (Å²) in [5.41, 5.74) is 4.89. The molecule has 0 saturated heterocycles. The minimum absolute atomic E-state index is 0.